The normalized spacial score (nSPS) is 10.7. The third kappa shape index (κ3) is 6.55. The zero-order valence-corrected chi connectivity index (χ0v) is 21.4. The van der Waals surface area contributed by atoms with Crippen LogP contribution in [0, 0.1) is 20.2 Å². The molecule has 0 unspecified atom stereocenters. The lowest BCUT2D eigenvalue weighted by atomic mass is 10.0. The summed E-state index contributed by atoms with van der Waals surface area (Å²) in [5, 5.41) is 22.3. The summed E-state index contributed by atoms with van der Waals surface area (Å²) >= 11 is 0. The van der Waals surface area contributed by atoms with Crippen LogP contribution in [0.25, 0.3) is 12.2 Å². The molecule has 0 atom stereocenters. The summed E-state index contributed by atoms with van der Waals surface area (Å²) in [6.07, 6.45) is 2.96. The van der Waals surface area contributed by atoms with Gasteiger partial charge < -0.3 is 9.47 Å². The number of ketones is 2. The Hall–Kier alpha value is -5.97. The highest BCUT2D eigenvalue weighted by Gasteiger charge is 2.20. The van der Waals surface area contributed by atoms with Crippen molar-refractivity contribution in [2.75, 3.05) is 7.11 Å². The van der Waals surface area contributed by atoms with Crippen molar-refractivity contribution in [2.45, 2.75) is 0 Å². The van der Waals surface area contributed by atoms with Crippen LogP contribution < -0.4 is 9.47 Å². The van der Waals surface area contributed by atoms with E-state index in [4.69, 9.17) is 9.47 Å². The van der Waals surface area contributed by atoms with E-state index in [1.807, 2.05) is 0 Å². The van der Waals surface area contributed by atoms with Crippen LogP contribution in [-0.2, 0) is 0 Å². The van der Waals surface area contributed by atoms with E-state index in [0.29, 0.717) is 5.56 Å². The van der Waals surface area contributed by atoms with E-state index in [1.54, 1.807) is 36.4 Å². The Bertz CT molecular complexity index is 1700. The van der Waals surface area contributed by atoms with Crippen molar-refractivity contribution in [2.24, 2.45) is 0 Å². The average molecular weight is 552 g/mol. The molecule has 0 saturated carbocycles. The molecule has 0 saturated heterocycles. The molecule has 0 aliphatic carbocycles. The van der Waals surface area contributed by atoms with Crippen molar-refractivity contribution in [3.8, 4) is 11.5 Å². The number of nitro groups is 2. The van der Waals surface area contributed by atoms with Crippen LogP contribution in [0.2, 0.25) is 0 Å². The van der Waals surface area contributed by atoms with Crippen molar-refractivity contribution >= 4 is 41.1 Å². The number of non-ortho nitro benzene ring substituents is 1. The lowest BCUT2D eigenvalue weighted by Crippen LogP contribution is -2.15. The number of esters is 1. The van der Waals surface area contributed by atoms with Gasteiger partial charge in [0, 0.05) is 17.2 Å². The molecule has 0 fully saturated rings. The van der Waals surface area contributed by atoms with Crippen molar-refractivity contribution < 1.29 is 33.7 Å². The summed E-state index contributed by atoms with van der Waals surface area (Å²) < 4.78 is 10.8. The first-order valence-electron chi connectivity index (χ1n) is 11.9. The molecule has 0 heterocycles. The Morgan fingerprint density at radius 3 is 1.93 bits per heavy atom. The highest BCUT2D eigenvalue weighted by atomic mass is 16.6. The van der Waals surface area contributed by atoms with Gasteiger partial charge in [0.25, 0.3) is 11.4 Å². The number of nitrogens with zero attached hydrogens (tertiary/aromatic N) is 2. The van der Waals surface area contributed by atoms with Gasteiger partial charge in [-0.3, -0.25) is 29.8 Å². The minimum atomic E-state index is -0.735. The van der Waals surface area contributed by atoms with Gasteiger partial charge in [-0.1, -0.05) is 54.6 Å². The Kier molecular flexibility index (Phi) is 8.39. The first-order chi connectivity index (χ1) is 19.7. The maximum Gasteiger partial charge on any atom is 0.343 e. The molecule has 4 aromatic rings. The van der Waals surface area contributed by atoms with Crippen LogP contribution >= 0.6 is 0 Å². The maximum atomic E-state index is 12.7. The standard InChI is InChI=1S/C30H20N2O9/c1-40-27-17-19(7-9-20-14-15-24(31(36)37)18-25(20)32(38)39)8-16-26(27)41-30(35)23-12-10-22(11-13-23)29(34)28(33)21-5-3-2-4-6-21/h2-18H,1H3/b9-7+. The van der Waals surface area contributed by atoms with Crippen molar-refractivity contribution in [3.05, 3.63) is 139 Å². The maximum absolute atomic E-state index is 12.7. The molecular weight excluding hydrogens is 532 g/mol. The van der Waals surface area contributed by atoms with E-state index in [0.717, 1.165) is 6.07 Å². The SMILES string of the molecule is COc1cc(/C=C/c2ccc([N+](=O)[O-])cc2[N+](=O)[O-])ccc1OC(=O)c1ccc(C(=O)C(=O)c2ccccc2)cc1. The first kappa shape index (κ1) is 28.0. The van der Waals surface area contributed by atoms with E-state index >= 15 is 0 Å². The second-order valence-corrected chi connectivity index (χ2v) is 8.49. The predicted octanol–water partition coefficient (Wildman–Crippen LogP) is 5.97. The van der Waals surface area contributed by atoms with Crippen molar-refractivity contribution in [1.82, 2.24) is 0 Å². The highest BCUT2D eigenvalue weighted by molar-refractivity contribution is 6.49. The van der Waals surface area contributed by atoms with E-state index < -0.39 is 38.8 Å². The Labute approximate surface area is 232 Å². The third-order valence-electron chi connectivity index (χ3n) is 5.89. The number of hydrogen-bond donors (Lipinski definition) is 0. The van der Waals surface area contributed by atoms with Gasteiger partial charge in [-0.05, 0) is 42.0 Å². The average Bonchev–Trinajstić information content (AvgIpc) is 3.00. The van der Waals surface area contributed by atoms with Crippen LogP contribution in [-0.4, -0.2) is 34.5 Å². The quantitative estimate of drug-likeness (QED) is 0.0440. The summed E-state index contributed by atoms with van der Waals surface area (Å²) in [4.78, 5) is 58.5. The molecule has 41 heavy (non-hydrogen) atoms. The Morgan fingerprint density at radius 2 is 1.32 bits per heavy atom. The Balaban J connectivity index is 1.48. The van der Waals surface area contributed by atoms with Crippen LogP contribution in [0.5, 0.6) is 11.5 Å². The molecule has 204 valence electrons. The van der Waals surface area contributed by atoms with Crippen molar-refractivity contribution in [3.63, 3.8) is 0 Å². The van der Waals surface area contributed by atoms with Gasteiger partial charge in [0.15, 0.2) is 11.5 Å². The van der Waals surface area contributed by atoms with E-state index in [1.165, 1.54) is 67.8 Å². The van der Waals surface area contributed by atoms with Gasteiger partial charge in [-0.2, -0.15) is 0 Å². The number of methoxy groups -OCH3 is 1. The minimum Gasteiger partial charge on any atom is -0.493 e. The fourth-order valence-corrected chi connectivity index (χ4v) is 3.77. The van der Waals surface area contributed by atoms with Gasteiger partial charge in [0.2, 0.25) is 11.6 Å². The van der Waals surface area contributed by atoms with Crippen LogP contribution in [0.4, 0.5) is 11.4 Å². The van der Waals surface area contributed by atoms with E-state index in [9.17, 15) is 34.6 Å². The fourth-order valence-electron chi connectivity index (χ4n) is 3.77. The molecular formula is C30H20N2O9. The summed E-state index contributed by atoms with van der Waals surface area (Å²) in [5.41, 5.74) is 0.386. The molecule has 11 heteroatoms. The third-order valence-corrected chi connectivity index (χ3v) is 5.89. The summed E-state index contributed by atoms with van der Waals surface area (Å²) in [7, 11) is 1.37. The number of nitro benzene ring substituents is 2. The summed E-state index contributed by atoms with van der Waals surface area (Å²) in [5.74, 6) is -1.82. The van der Waals surface area contributed by atoms with Gasteiger partial charge in [0.1, 0.15) is 0 Å². The molecule has 0 amide bonds. The number of hydrogen-bond acceptors (Lipinski definition) is 9. The molecule has 0 aliphatic rings. The van der Waals surface area contributed by atoms with Gasteiger partial charge in [0.05, 0.1) is 34.1 Å². The van der Waals surface area contributed by atoms with E-state index in [-0.39, 0.29) is 33.8 Å². The molecule has 0 radical (unpaired) electrons. The molecule has 11 nitrogen and oxygen atoms in total. The van der Waals surface area contributed by atoms with Gasteiger partial charge in [-0.25, -0.2) is 4.79 Å². The molecule has 0 spiro atoms. The molecule has 4 aromatic carbocycles. The molecule has 4 rings (SSSR count). The number of Topliss-reactive ketones (excluding diaryl/α,β-unsaturated/α-hetero) is 2. The number of benzene rings is 4. The molecule has 0 aliphatic heterocycles. The fraction of sp³-hybridized carbons (Fsp3) is 0.0333. The summed E-state index contributed by atoms with van der Waals surface area (Å²) in [6, 6.07) is 21.5. The lowest BCUT2D eigenvalue weighted by molar-refractivity contribution is -0.394. The van der Waals surface area contributed by atoms with Crippen LogP contribution in [0.15, 0.2) is 91.0 Å². The number of ether oxygens (including phenoxy) is 2. The highest BCUT2D eigenvalue weighted by Crippen LogP contribution is 2.31. The summed E-state index contributed by atoms with van der Waals surface area (Å²) in [6.45, 7) is 0. The Morgan fingerprint density at radius 1 is 0.683 bits per heavy atom. The topological polar surface area (TPSA) is 156 Å². The smallest absolute Gasteiger partial charge is 0.343 e. The largest absolute Gasteiger partial charge is 0.493 e. The van der Waals surface area contributed by atoms with Crippen molar-refractivity contribution in [1.29, 1.82) is 0 Å². The van der Waals surface area contributed by atoms with Crippen LogP contribution in [0.1, 0.15) is 42.2 Å². The minimum absolute atomic E-state index is 0.0929. The number of carbonyl (C=O) groups excluding carboxylic acids is 3. The number of rotatable bonds is 10. The van der Waals surface area contributed by atoms with Gasteiger partial charge >= 0.3 is 5.97 Å². The van der Waals surface area contributed by atoms with Gasteiger partial charge in [-0.15, -0.1) is 0 Å². The molecule has 0 bridgehead atoms. The molecule has 0 aromatic heterocycles. The monoisotopic (exact) mass is 552 g/mol. The zero-order chi connectivity index (χ0) is 29.5. The van der Waals surface area contributed by atoms with Crippen LogP contribution in [0.3, 0.4) is 0 Å². The lowest BCUT2D eigenvalue weighted by Gasteiger charge is -2.10. The first-order valence-corrected chi connectivity index (χ1v) is 11.9. The predicted molar refractivity (Wildman–Crippen MR) is 148 cm³/mol. The zero-order valence-electron chi connectivity index (χ0n) is 21.4. The van der Waals surface area contributed by atoms with E-state index in [2.05, 4.69) is 0 Å². The number of carbonyl (C=O) groups is 3. The molecule has 0 N–H and O–H groups in total. The second-order valence-electron chi connectivity index (χ2n) is 8.49. The second kappa shape index (κ2) is 12.3.